The maximum atomic E-state index is 3.68. The van der Waals surface area contributed by atoms with Crippen molar-refractivity contribution in [1.82, 2.24) is 9.80 Å². The maximum absolute atomic E-state index is 3.68. The van der Waals surface area contributed by atoms with E-state index < -0.39 is 0 Å². The van der Waals surface area contributed by atoms with Gasteiger partial charge in [0, 0.05) is 13.1 Å². The number of nitrogens with zero attached hydrogens (tertiary/aromatic N) is 2. The summed E-state index contributed by atoms with van der Waals surface area (Å²) in [6, 6.07) is 0. The third-order valence-corrected chi connectivity index (χ3v) is 1.45. The van der Waals surface area contributed by atoms with Gasteiger partial charge in [-0.15, -0.1) is 12.4 Å². The summed E-state index contributed by atoms with van der Waals surface area (Å²) >= 11 is 0. The summed E-state index contributed by atoms with van der Waals surface area (Å²) in [5, 5.41) is 0. The van der Waals surface area contributed by atoms with Gasteiger partial charge < -0.3 is 4.90 Å². The molecule has 1 aliphatic rings. The Labute approximate surface area is 62.5 Å². The van der Waals surface area contributed by atoms with Gasteiger partial charge in [-0.1, -0.05) is 6.58 Å². The molecule has 0 amide bonds. The molecule has 1 saturated heterocycles. The van der Waals surface area contributed by atoms with Crippen LogP contribution in [0, 0.1) is 0 Å². The largest absolute Gasteiger partial charge is 0.364 e. The van der Waals surface area contributed by atoms with Crippen LogP contribution in [0.25, 0.3) is 0 Å². The van der Waals surface area contributed by atoms with Crippen LogP contribution >= 0.6 is 12.4 Å². The summed E-state index contributed by atoms with van der Waals surface area (Å²) in [7, 11) is 2.11. The van der Waals surface area contributed by atoms with E-state index in [4.69, 9.17) is 0 Å². The molecule has 0 radical (unpaired) electrons. The molecule has 0 unspecified atom stereocenters. The first-order chi connectivity index (χ1) is 3.83. The topological polar surface area (TPSA) is 6.48 Å². The molecule has 1 aliphatic heterocycles. The SMILES string of the molecule is C=CN1CCN(C)C1.Cl. The first kappa shape index (κ1) is 8.79. The molecule has 2 nitrogen and oxygen atoms in total. The van der Waals surface area contributed by atoms with Crippen molar-refractivity contribution in [3.05, 3.63) is 12.8 Å². The summed E-state index contributed by atoms with van der Waals surface area (Å²) in [5.74, 6) is 0. The second kappa shape index (κ2) is 3.75. The monoisotopic (exact) mass is 148 g/mol. The average Bonchev–Trinajstić information content (AvgIpc) is 2.14. The molecular formula is C6H13ClN2. The lowest BCUT2D eigenvalue weighted by molar-refractivity contribution is 0.341. The molecule has 0 N–H and O–H groups in total. The van der Waals surface area contributed by atoms with Crippen LogP contribution in [0.1, 0.15) is 0 Å². The first-order valence-corrected chi connectivity index (χ1v) is 2.88. The minimum atomic E-state index is 0. The molecule has 0 spiro atoms. The fourth-order valence-electron chi connectivity index (χ4n) is 0.900. The third-order valence-electron chi connectivity index (χ3n) is 1.45. The number of rotatable bonds is 1. The number of hydrogen-bond acceptors (Lipinski definition) is 2. The quantitative estimate of drug-likeness (QED) is 0.542. The van der Waals surface area contributed by atoms with Gasteiger partial charge in [0.25, 0.3) is 0 Å². The van der Waals surface area contributed by atoms with Gasteiger partial charge in [-0.05, 0) is 13.2 Å². The van der Waals surface area contributed by atoms with Crippen molar-refractivity contribution in [1.29, 1.82) is 0 Å². The van der Waals surface area contributed by atoms with E-state index in [0.29, 0.717) is 0 Å². The molecule has 1 heterocycles. The van der Waals surface area contributed by atoms with Crippen LogP contribution < -0.4 is 0 Å². The Morgan fingerprint density at radius 3 is 2.33 bits per heavy atom. The van der Waals surface area contributed by atoms with Crippen LogP contribution in [0.2, 0.25) is 0 Å². The Balaban J connectivity index is 0.000000640. The van der Waals surface area contributed by atoms with Gasteiger partial charge in [0.2, 0.25) is 0 Å². The molecule has 3 heteroatoms. The van der Waals surface area contributed by atoms with Gasteiger partial charge in [0.15, 0.2) is 0 Å². The van der Waals surface area contributed by atoms with Crippen LogP contribution in [0.3, 0.4) is 0 Å². The van der Waals surface area contributed by atoms with E-state index in [2.05, 4.69) is 23.4 Å². The highest BCUT2D eigenvalue weighted by atomic mass is 35.5. The average molecular weight is 149 g/mol. The molecule has 0 aromatic heterocycles. The molecule has 0 aliphatic carbocycles. The summed E-state index contributed by atoms with van der Waals surface area (Å²) in [4.78, 5) is 4.46. The highest BCUT2D eigenvalue weighted by Gasteiger charge is 2.10. The van der Waals surface area contributed by atoms with Gasteiger partial charge in [0.1, 0.15) is 0 Å². The fraction of sp³-hybridized carbons (Fsp3) is 0.667. The van der Waals surface area contributed by atoms with Gasteiger partial charge in [-0.25, -0.2) is 0 Å². The minimum absolute atomic E-state index is 0. The predicted octanol–water partition coefficient (Wildman–Crippen LogP) is 0.757. The Kier molecular flexibility index (Phi) is 3.66. The third kappa shape index (κ3) is 2.24. The molecule has 0 aromatic carbocycles. The van der Waals surface area contributed by atoms with Crippen molar-refractivity contribution in [2.45, 2.75) is 0 Å². The standard InChI is InChI=1S/C6H12N2.ClH/c1-3-8-5-4-7(2)6-8;/h3H,1,4-6H2,2H3;1H. The molecular weight excluding hydrogens is 136 g/mol. The van der Waals surface area contributed by atoms with E-state index in [0.717, 1.165) is 13.2 Å². The fourth-order valence-corrected chi connectivity index (χ4v) is 0.900. The first-order valence-electron chi connectivity index (χ1n) is 2.88. The van der Waals surface area contributed by atoms with Crippen molar-refractivity contribution < 1.29 is 0 Å². The van der Waals surface area contributed by atoms with Crippen LogP contribution in [0.5, 0.6) is 0 Å². The van der Waals surface area contributed by atoms with Crippen molar-refractivity contribution in [2.24, 2.45) is 0 Å². The zero-order valence-electron chi connectivity index (χ0n) is 5.71. The normalized spacial score (nSPS) is 19.4. The zero-order chi connectivity index (χ0) is 5.98. The highest BCUT2D eigenvalue weighted by molar-refractivity contribution is 5.85. The lowest BCUT2D eigenvalue weighted by atomic mass is 10.6. The van der Waals surface area contributed by atoms with Crippen LogP contribution in [-0.4, -0.2) is 36.6 Å². The molecule has 54 valence electrons. The van der Waals surface area contributed by atoms with Gasteiger partial charge in [-0.3, -0.25) is 4.90 Å². The number of hydrogen-bond donors (Lipinski definition) is 0. The van der Waals surface area contributed by atoms with E-state index in [1.54, 1.807) is 0 Å². The summed E-state index contributed by atoms with van der Waals surface area (Å²) in [5.41, 5.74) is 0. The zero-order valence-corrected chi connectivity index (χ0v) is 6.52. The van der Waals surface area contributed by atoms with Crippen molar-refractivity contribution in [3.8, 4) is 0 Å². The van der Waals surface area contributed by atoms with Gasteiger partial charge >= 0.3 is 0 Å². The lowest BCUT2D eigenvalue weighted by Gasteiger charge is -2.09. The second-order valence-electron chi connectivity index (χ2n) is 2.22. The summed E-state index contributed by atoms with van der Waals surface area (Å²) < 4.78 is 0. The second-order valence-corrected chi connectivity index (χ2v) is 2.22. The Bertz CT molecular complexity index is 95.1. The van der Waals surface area contributed by atoms with Crippen LogP contribution in [0.4, 0.5) is 0 Å². The minimum Gasteiger partial charge on any atom is -0.364 e. The maximum Gasteiger partial charge on any atom is 0.0699 e. The molecule has 0 atom stereocenters. The van der Waals surface area contributed by atoms with Gasteiger partial charge in [-0.2, -0.15) is 0 Å². The van der Waals surface area contributed by atoms with E-state index in [1.807, 2.05) is 6.20 Å². The molecule has 9 heavy (non-hydrogen) atoms. The Morgan fingerprint density at radius 2 is 2.11 bits per heavy atom. The number of halogens is 1. The van der Waals surface area contributed by atoms with E-state index in [1.165, 1.54) is 6.54 Å². The van der Waals surface area contributed by atoms with Crippen LogP contribution in [0.15, 0.2) is 12.8 Å². The number of likely N-dealkylation sites (N-methyl/N-ethyl adjacent to an activating group) is 1. The molecule has 1 rings (SSSR count). The Hall–Kier alpha value is -0.210. The molecule has 1 fully saturated rings. The summed E-state index contributed by atoms with van der Waals surface area (Å²) in [6.45, 7) is 7.03. The van der Waals surface area contributed by atoms with Gasteiger partial charge in [0.05, 0.1) is 6.67 Å². The van der Waals surface area contributed by atoms with Crippen molar-refractivity contribution in [2.75, 3.05) is 26.8 Å². The smallest absolute Gasteiger partial charge is 0.0699 e. The van der Waals surface area contributed by atoms with Crippen molar-refractivity contribution >= 4 is 12.4 Å². The Morgan fingerprint density at radius 1 is 1.44 bits per heavy atom. The summed E-state index contributed by atoms with van der Waals surface area (Å²) in [6.07, 6.45) is 1.89. The molecule has 0 aromatic rings. The van der Waals surface area contributed by atoms with E-state index >= 15 is 0 Å². The molecule has 0 bridgehead atoms. The lowest BCUT2D eigenvalue weighted by Crippen LogP contribution is -2.17. The van der Waals surface area contributed by atoms with Crippen LogP contribution in [-0.2, 0) is 0 Å². The highest BCUT2D eigenvalue weighted by Crippen LogP contribution is 1.99. The van der Waals surface area contributed by atoms with E-state index in [9.17, 15) is 0 Å². The molecule has 0 saturated carbocycles. The van der Waals surface area contributed by atoms with Crippen molar-refractivity contribution in [3.63, 3.8) is 0 Å². The van der Waals surface area contributed by atoms with E-state index in [-0.39, 0.29) is 12.4 Å². The predicted molar refractivity (Wildman–Crippen MR) is 41.6 cm³/mol.